The van der Waals surface area contributed by atoms with Crippen molar-refractivity contribution >= 4 is 0 Å². The molecule has 1 aromatic carbocycles. The van der Waals surface area contributed by atoms with Crippen LogP contribution in [0.4, 0.5) is 0 Å². The van der Waals surface area contributed by atoms with Crippen LogP contribution in [0.5, 0.6) is 11.5 Å². The van der Waals surface area contributed by atoms with Crippen molar-refractivity contribution in [1.29, 1.82) is 0 Å². The molecule has 1 aromatic rings. The summed E-state index contributed by atoms with van der Waals surface area (Å²) in [5.74, 6) is 1.82. The molecule has 0 aliphatic heterocycles. The van der Waals surface area contributed by atoms with E-state index in [1.165, 1.54) is 0 Å². The van der Waals surface area contributed by atoms with E-state index in [2.05, 4.69) is 6.92 Å². The SMILES string of the molecule is COc1c(C)ccc(C(C)CCO)c1OC. The van der Waals surface area contributed by atoms with Gasteiger partial charge in [-0.05, 0) is 24.8 Å². The summed E-state index contributed by atoms with van der Waals surface area (Å²) >= 11 is 0. The Morgan fingerprint density at radius 3 is 2.31 bits per heavy atom. The van der Waals surface area contributed by atoms with E-state index in [1.807, 2.05) is 19.1 Å². The maximum absolute atomic E-state index is 8.97. The second kappa shape index (κ2) is 5.75. The zero-order chi connectivity index (χ0) is 12.1. The summed E-state index contributed by atoms with van der Waals surface area (Å²) in [5.41, 5.74) is 2.14. The van der Waals surface area contributed by atoms with E-state index in [0.717, 1.165) is 29.0 Å². The third kappa shape index (κ3) is 2.47. The first-order chi connectivity index (χ1) is 7.65. The van der Waals surface area contributed by atoms with E-state index in [4.69, 9.17) is 14.6 Å². The van der Waals surface area contributed by atoms with Gasteiger partial charge in [0.2, 0.25) is 0 Å². The number of hydrogen-bond acceptors (Lipinski definition) is 3. The van der Waals surface area contributed by atoms with Crippen LogP contribution in [0.15, 0.2) is 12.1 Å². The number of rotatable bonds is 5. The lowest BCUT2D eigenvalue weighted by Gasteiger charge is -2.18. The Kier molecular flexibility index (Phi) is 4.62. The molecule has 3 nitrogen and oxygen atoms in total. The van der Waals surface area contributed by atoms with Gasteiger partial charge in [0, 0.05) is 12.2 Å². The summed E-state index contributed by atoms with van der Waals surface area (Å²) in [6.45, 7) is 4.24. The molecule has 1 atom stereocenters. The normalized spacial score (nSPS) is 12.3. The summed E-state index contributed by atoms with van der Waals surface area (Å²) in [6.07, 6.45) is 0.725. The summed E-state index contributed by atoms with van der Waals surface area (Å²) in [7, 11) is 3.29. The van der Waals surface area contributed by atoms with Crippen molar-refractivity contribution in [3.05, 3.63) is 23.3 Å². The zero-order valence-electron chi connectivity index (χ0n) is 10.4. The molecule has 0 radical (unpaired) electrons. The van der Waals surface area contributed by atoms with Crippen LogP contribution in [0.3, 0.4) is 0 Å². The Morgan fingerprint density at radius 2 is 1.81 bits per heavy atom. The molecular weight excluding hydrogens is 204 g/mol. The molecule has 0 saturated heterocycles. The van der Waals surface area contributed by atoms with Crippen molar-refractivity contribution in [2.75, 3.05) is 20.8 Å². The Balaban J connectivity index is 3.18. The van der Waals surface area contributed by atoms with Crippen LogP contribution in [0.2, 0.25) is 0 Å². The average Bonchev–Trinajstić information content (AvgIpc) is 2.28. The monoisotopic (exact) mass is 224 g/mol. The zero-order valence-corrected chi connectivity index (χ0v) is 10.4. The minimum atomic E-state index is 0.181. The van der Waals surface area contributed by atoms with Crippen LogP contribution < -0.4 is 9.47 Å². The van der Waals surface area contributed by atoms with Gasteiger partial charge in [-0.3, -0.25) is 0 Å². The third-order valence-corrected chi connectivity index (χ3v) is 2.84. The Morgan fingerprint density at radius 1 is 1.19 bits per heavy atom. The van der Waals surface area contributed by atoms with Gasteiger partial charge in [0.25, 0.3) is 0 Å². The molecule has 3 heteroatoms. The highest BCUT2D eigenvalue weighted by Crippen LogP contribution is 2.38. The molecule has 0 heterocycles. The largest absolute Gasteiger partial charge is 0.493 e. The van der Waals surface area contributed by atoms with Gasteiger partial charge in [-0.1, -0.05) is 19.1 Å². The number of benzene rings is 1. The minimum Gasteiger partial charge on any atom is -0.493 e. The predicted molar refractivity (Wildman–Crippen MR) is 64.4 cm³/mol. The van der Waals surface area contributed by atoms with Crippen LogP contribution in [-0.2, 0) is 0 Å². The van der Waals surface area contributed by atoms with Crippen LogP contribution in [-0.4, -0.2) is 25.9 Å². The highest BCUT2D eigenvalue weighted by atomic mass is 16.5. The van der Waals surface area contributed by atoms with Gasteiger partial charge in [0.05, 0.1) is 14.2 Å². The van der Waals surface area contributed by atoms with Crippen LogP contribution in [0.1, 0.15) is 30.4 Å². The van der Waals surface area contributed by atoms with Crippen molar-refractivity contribution in [3.8, 4) is 11.5 Å². The Labute approximate surface area is 97.0 Å². The van der Waals surface area contributed by atoms with Gasteiger partial charge in [-0.25, -0.2) is 0 Å². The van der Waals surface area contributed by atoms with Crippen LogP contribution >= 0.6 is 0 Å². The maximum atomic E-state index is 8.97. The predicted octanol–water partition coefficient (Wildman–Crippen LogP) is 2.50. The molecular formula is C13H20O3. The van der Waals surface area contributed by atoms with Crippen LogP contribution in [0, 0.1) is 6.92 Å². The smallest absolute Gasteiger partial charge is 0.164 e. The molecule has 1 unspecified atom stereocenters. The summed E-state index contributed by atoms with van der Waals surface area (Å²) in [6, 6.07) is 4.06. The standard InChI is InChI=1S/C13H20O3/c1-9(7-8-14)11-6-5-10(2)12(15-3)13(11)16-4/h5-6,9,14H,7-8H2,1-4H3. The second-order valence-electron chi connectivity index (χ2n) is 3.95. The highest BCUT2D eigenvalue weighted by molar-refractivity contribution is 5.52. The molecule has 0 spiro atoms. The molecule has 0 aliphatic rings. The van der Waals surface area contributed by atoms with E-state index in [-0.39, 0.29) is 12.5 Å². The van der Waals surface area contributed by atoms with E-state index >= 15 is 0 Å². The van der Waals surface area contributed by atoms with Crippen molar-refractivity contribution in [3.63, 3.8) is 0 Å². The number of hydrogen-bond donors (Lipinski definition) is 1. The van der Waals surface area contributed by atoms with Crippen molar-refractivity contribution in [2.24, 2.45) is 0 Å². The first-order valence-electron chi connectivity index (χ1n) is 5.48. The summed E-state index contributed by atoms with van der Waals surface area (Å²) in [4.78, 5) is 0. The maximum Gasteiger partial charge on any atom is 0.164 e. The lowest BCUT2D eigenvalue weighted by Crippen LogP contribution is -2.03. The number of aryl methyl sites for hydroxylation is 1. The minimum absolute atomic E-state index is 0.181. The molecule has 1 rings (SSSR count). The van der Waals surface area contributed by atoms with E-state index in [9.17, 15) is 0 Å². The van der Waals surface area contributed by atoms with Gasteiger partial charge in [0.15, 0.2) is 11.5 Å². The van der Waals surface area contributed by atoms with E-state index in [1.54, 1.807) is 14.2 Å². The van der Waals surface area contributed by atoms with E-state index in [0.29, 0.717) is 0 Å². The molecule has 0 fully saturated rings. The number of aliphatic hydroxyl groups is 1. The van der Waals surface area contributed by atoms with E-state index < -0.39 is 0 Å². The molecule has 0 saturated carbocycles. The molecule has 1 N–H and O–H groups in total. The average molecular weight is 224 g/mol. The van der Waals surface area contributed by atoms with Crippen molar-refractivity contribution in [1.82, 2.24) is 0 Å². The van der Waals surface area contributed by atoms with Gasteiger partial charge >= 0.3 is 0 Å². The molecule has 0 amide bonds. The lowest BCUT2D eigenvalue weighted by atomic mass is 9.95. The quantitative estimate of drug-likeness (QED) is 0.835. The first kappa shape index (κ1) is 12.8. The van der Waals surface area contributed by atoms with Crippen molar-refractivity contribution < 1.29 is 14.6 Å². The van der Waals surface area contributed by atoms with Gasteiger partial charge in [-0.15, -0.1) is 0 Å². The molecule has 0 bridgehead atoms. The summed E-state index contributed by atoms with van der Waals surface area (Å²) in [5, 5.41) is 8.97. The van der Waals surface area contributed by atoms with Crippen molar-refractivity contribution in [2.45, 2.75) is 26.2 Å². The molecule has 16 heavy (non-hydrogen) atoms. The van der Waals surface area contributed by atoms with Gasteiger partial charge in [-0.2, -0.15) is 0 Å². The molecule has 0 aromatic heterocycles. The molecule has 0 aliphatic carbocycles. The Hall–Kier alpha value is -1.22. The topological polar surface area (TPSA) is 38.7 Å². The number of aliphatic hydroxyl groups excluding tert-OH is 1. The van der Waals surface area contributed by atoms with Gasteiger partial charge < -0.3 is 14.6 Å². The third-order valence-electron chi connectivity index (χ3n) is 2.84. The fourth-order valence-corrected chi connectivity index (χ4v) is 1.88. The number of methoxy groups -OCH3 is 2. The molecule has 90 valence electrons. The Bertz CT molecular complexity index is 347. The van der Waals surface area contributed by atoms with Gasteiger partial charge in [0.1, 0.15) is 0 Å². The first-order valence-corrected chi connectivity index (χ1v) is 5.48. The summed E-state index contributed by atoms with van der Waals surface area (Å²) < 4.78 is 10.8. The highest BCUT2D eigenvalue weighted by Gasteiger charge is 2.16. The second-order valence-corrected chi connectivity index (χ2v) is 3.95. The number of ether oxygens (including phenoxy) is 2. The fourth-order valence-electron chi connectivity index (χ4n) is 1.88. The fraction of sp³-hybridized carbons (Fsp3) is 0.538. The van der Waals surface area contributed by atoms with Crippen LogP contribution in [0.25, 0.3) is 0 Å². The lowest BCUT2D eigenvalue weighted by molar-refractivity contribution is 0.276.